The van der Waals surface area contributed by atoms with Crippen molar-refractivity contribution in [3.63, 3.8) is 0 Å². The van der Waals surface area contributed by atoms with Gasteiger partial charge in [0.2, 0.25) is 4.80 Å². The van der Waals surface area contributed by atoms with E-state index in [0.717, 1.165) is 16.9 Å². The highest BCUT2D eigenvalue weighted by atomic mass is 32.1. The van der Waals surface area contributed by atoms with Gasteiger partial charge in [0.05, 0.1) is 18.5 Å². The van der Waals surface area contributed by atoms with Crippen LogP contribution in [0.3, 0.4) is 0 Å². The summed E-state index contributed by atoms with van der Waals surface area (Å²) in [6.45, 7) is 4.64. The Labute approximate surface area is 127 Å². The lowest BCUT2D eigenvalue weighted by Crippen LogP contribution is -2.11. The molecule has 2 rings (SSSR count). The number of hydrogen-bond donors (Lipinski definition) is 1. The first-order valence-electron chi connectivity index (χ1n) is 6.75. The summed E-state index contributed by atoms with van der Waals surface area (Å²) in [5.41, 5.74) is 1.64. The molecule has 1 aromatic heterocycles. The van der Waals surface area contributed by atoms with Gasteiger partial charge >= 0.3 is 0 Å². The minimum Gasteiger partial charge on any atom is -0.507 e. The molecule has 0 atom stereocenters. The minimum atomic E-state index is 0.149. The number of aryl methyl sites for hydroxylation is 1. The zero-order valence-corrected chi connectivity index (χ0v) is 13.2. The van der Waals surface area contributed by atoms with Crippen molar-refractivity contribution < 1.29 is 9.84 Å². The van der Waals surface area contributed by atoms with Gasteiger partial charge in [0.25, 0.3) is 0 Å². The van der Waals surface area contributed by atoms with E-state index in [-0.39, 0.29) is 5.75 Å². The molecule has 0 aliphatic heterocycles. The standard InChI is InChI=1S/C15H19N3O2S/c1-4-7-20-13-6-5-12(14(19)8-13)9-17-18-11(2)10-21-15(18)16-3/h5-6,8-10,19H,4,7H2,1-3H3. The Hall–Kier alpha value is -2.08. The lowest BCUT2D eigenvalue weighted by Gasteiger charge is -2.06. The maximum atomic E-state index is 10.0. The van der Waals surface area contributed by atoms with Crippen molar-refractivity contribution in [1.29, 1.82) is 0 Å². The molecule has 0 radical (unpaired) electrons. The maximum Gasteiger partial charge on any atom is 0.205 e. The number of aromatic hydroxyl groups is 1. The lowest BCUT2D eigenvalue weighted by molar-refractivity contribution is 0.315. The molecule has 1 N–H and O–H groups in total. The van der Waals surface area contributed by atoms with E-state index in [2.05, 4.69) is 10.1 Å². The molecule has 0 saturated heterocycles. The van der Waals surface area contributed by atoms with Crippen molar-refractivity contribution in [2.24, 2.45) is 10.1 Å². The van der Waals surface area contributed by atoms with Gasteiger partial charge in [-0.25, -0.2) is 4.68 Å². The van der Waals surface area contributed by atoms with Gasteiger partial charge in [-0.05, 0) is 25.5 Å². The van der Waals surface area contributed by atoms with Crippen molar-refractivity contribution >= 4 is 17.6 Å². The molecule has 0 unspecified atom stereocenters. The second kappa shape index (κ2) is 7.08. The van der Waals surface area contributed by atoms with E-state index in [0.29, 0.717) is 17.9 Å². The topological polar surface area (TPSA) is 59.1 Å². The van der Waals surface area contributed by atoms with Gasteiger partial charge in [0.15, 0.2) is 0 Å². The summed E-state index contributed by atoms with van der Waals surface area (Å²) in [6, 6.07) is 5.22. The normalized spacial score (nSPS) is 12.2. The number of phenolic OH excluding ortho intramolecular Hbond substituents is 1. The number of aromatic nitrogens is 1. The molecule has 0 saturated carbocycles. The number of rotatable bonds is 5. The van der Waals surface area contributed by atoms with Crippen LogP contribution in [0.1, 0.15) is 24.6 Å². The first kappa shape index (κ1) is 15.3. The number of hydrogen-bond acceptors (Lipinski definition) is 5. The van der Waals surface area contributed by atoms with Gasteiger partial charge in [-0.1, -0.05) is 6.92 Å². The monoisotopic (exact) mass is 305 g/mol. The molecule has 1 aromatic carbocycles. The van der Waals surface area contributed by atoms with E-state index in [1.54, 1.807) is 30.1 Å². The average molecular weight is 305 g/mol. The highest BCUT2D eigenvalue weighted by Gasteiger charge is 2.03. The van der Waals surface area contributed by atoms with Crippen LogP contribution in [-0.2, 0) is 0 Å². The predicted molar refractivity (Wildman–Crippen MR) is 85.4 cm³/mol. The Bertz CT molecular complexity index is 701. The number of benzene rings is 1. The van der Waals surface area contributed by atoms with Gasteiger partial charge in [0.1, 0.15) is 11.5 Å². The van der Waals surface area contributed by atoms with Gasteiger partial charge < -0.3 is 9.84 Å². The van der Waals surface area contributed by atoms with Crippen LogP contribution in [0.2, 0.25) is 0 Å². The fraction of sp³-hybridized carbons (Fsp3) is 0.333. The summed E-state index contributed by atoms with van der Waals surface area (Å²) in [6.07, 6.45) is 2.55. The van der Waals surface area contributed by atoms with Crippen LogP contribution in [0.5, 0.6) is 11.5 Å². The number of phenols is 1. The zero-order chi connectivity index (χ0) is 15.2. The predicted octanol–water partition coefficient (Wildman–Crippen LogP) is 2.77. The third-order valence-corrected chi connectivity index (χ3v) is 3.85. The van der Waals surface area contributed by atoms with Gasteiger partial charge in [-0.2, -0.15) is 5.10 Å². The summed E-state index contributed by atoms with van der Waals surface area (Å²) in [7, 11) is 1.73. The maximum absolute atomic E-state index is 10.0. The first-order valence-corrected chi connectivity index (χ1v) is 7.63. The Morgan fingerprint density at radius 1 is 1.43 bits per heavy atom. The smallest absolute Gasteiger partial charge is 0.205 e. The van der Waals surface area contributed by atoms with Crippen molar-refractivity contribution in [3.05, 3.63) is 39.6 Å². The molecule has 0 aliphatic rings. The van der Waals surface area contributed by atoms with E-state index in [4.69, 9.17) is 4.74 Å². The van der Waals surface area contributed by atoms with Crippen molar-refractivity contribution in [2.45, 2.75) is 20.3 Å². The van der Waals surface area contributed by atoms with Gasteiger partial charge in [-0.15, -0.1) is 11.3 Å². The zero-order valence-electron chi connectivity index (χ0n) is 12.4. The minimum absolute atomic E-state index is 0.149. The highest BCUT2D eigenvalue weighted by molar-refractivity contribution is 7.07. The number of nitrogens with zero attached hydrogens (tertiary/aromatic N) is 3. The Balaban J connectivity index is 2.23. The van der Waals surface area contributed by atoms with Crippen molar-refractivity contribution in [3.8, 4) is 11.5 Å². The number of thiazole rings is 1. The van der Waals surface area contributed by atoms with E-state index in [1.165, 1.54) is 11.3 Å². The third-order valence-electron chi connectivity index (χ3n) is 2.83. The quantitative estimate of drug-likeness (QED) is 0.864. The largest absolute Gasteiger partial charge is 0.507 e. The van der Waals surface area contributed by atoms with Crippen LogP contribution in [0.25, 0.3) is 0 Å². The van der Waals surface area contributed by atoms with Crippen LogP contribution in [0.15, 0.2) is 33.7 Å². The summed E-state index contributed by atoms with van der Waals surface area (Å²) >= 11 is 1.53. The van der Waals surface area contributed by atoms with Crippen LogP contribution < -0.4 is 9.54 Å². The summed E-state index contributed by atoms with van der Waals surface area (Å²) in [5, 5.41) is 16.4. The van der Waals surface area contributed by atoms with E-state index >= 15 is 0 Å². The second-order valence-corrected chi connectivity index (χ2v) is 5.35. The van der Waals surface area contributed by atoms with Crippen LogP contribution in [0, 0.1) is 6.92 Å². The second-order valence-electron chi connectivity index (χ2n) is 4.51. The van der Waals surface area contributed by atoms with Crippen LogP contribution in [0.4, 0.5) is 0 Å². The molecule has 0 bridgehead atoms. The number of ether oxygens (including phenoxy) is 1. The molecule has 2 aromatic rings. The fourth-order valence-electron chi connectivity index (χ4n) is 1.74. The molecule has 0 fully saturated rings. The molecular formula is C15H19N3O2S. The SMILES string of the molecule is CCCOc1ccc(C=Nn2c(C)csc2=NC)c(O)c1. The van der Waals surface area contributed by atoms with Crippen LogP contribution >= 0.6 is 11.3 Å². The Morgan fingerprint density at radius 2 is 2.24 bits per heavy atom. The molecule has 6 heteroatoms. The van der Waals surface area contributed by atoms with E-state index in [1.807, 2.05) is 25.3 Å². The molecule has 0 amide bonds. The van der Waals surface area contributed by atoms with Gasteiger partial charge in [-0.3, -0.25) is 4.99 Å². The fourth-order valence-corrected chi connectivity index (χ4v) is 2.51. The van der Waals surface area contributed by atoms with Gasteiger partial charge in [0, 0.05) is 24.1 Å². The summed E-state index contributed by atoms with van der Waals surface area (Å²) < 4.78 is 7.22. The molecule has 5 nitrogen and oxygen atoms in total. The molecule has 112 valence electrons. The molecule has 21 heavy (non-hydrogen) atoms. The lowest BCUT2D eigenvalue weighted by atomic mass is 10.2. The Kier molecular flexibility index (Phi) is 5.16. The molecule has 0 aliphatic carbocycles. The third kappa shape index (κ3) is 3.72. The molecule has 0 spiro atoms. The van der Waals surface area contributed by atoms with E-state index in [9.17, 15) is 5.11 Å². The van der Waals surface area contributed by atoms with Crippen molar-refractivity contribution in [2.75, 3.05) is 13.7 Å². The first-order chi connectivity index (χ1) is 10.2. The Morgan fingerprint density at radius 3 is 2.90 bits per heavy atom. The van der Waals surface area contributed by atoms with Crippen LogP contribution in [-0.4, -0.2) is 29.7 Å². The summed E-state index contributed by atoms with van der Waals surface area (Å²) in [4.78, 5) is 4.97. The molecular weight excluding hydrogens is 286 g/mol. The van der Waals surface area contributed by atoms with E-state index < -0.39 is 0 Å². The van der Waals surface area contributed by atoms with Crippen molar-refractivity contribution in [1.82, 2.24) is 4.68 Å². The molecule has 1 heterocycles. The highest BCUT2D eigenvalue weighted by Crippen LogP contribution is 2.22. The average Bonchev–Trinajstić information content (AvgIpc) is 2.84. The summed E-state index contributed by atoms with van der Waals surface area (Å²) in [5.74, 6) is 0.811.